The van der Waals surface area contributed by atoms with Gasteiger partial charge in [-0.25, -0.2) is 19.3 Å². The molecular weight excluding hydrogens is 433 g/mol. The van der Waals surface area contributed by atoms with Crippen molar-refractivity contribution in [2.24, 2.45) is 0 Å². The largest absolute Gasteiger partial charge is 0.376 e. The lowest BCUT2D eigenvalue weighted by Gasteiger charge is -2.13. The fourth-order valence-electron chi connectivity index (χ4n) is 3.92. The molecule has 0 unspecified atom stereocenters. The molecule has 166 valence electrons. The van der Waals surface area contributed by atoms with Crippen LogP contribution in [0.2, 0.25) is 0 Å². The fraction of sp³-hybridized carbons (Fsp3) is 0.0833. The van der Waals surface area contributed by atoms with E-state index in [4.69, 9.17) is 4.98 Å². The van der Waals surface area contributed by atoms with Crippen LogP contribution in [0.5, 0.6) is 0 Å². The van der Waals surface area contributed by atoms with E-state index >= 15 is 4.39 Å². The van der Waals surface area contributed by atoms with E-state index in [2.05, 4.69) is 35.1 Å². The molecule has 0 saturated heterocycles. The van der Waals surface area contributed by atoms with Gasteiger partial charge in [-0.2, -0.15) is 5.10 Å². The summed E-state index contributed by atoms with van der Waals surface area (Å²) in [7, 11) is 3.81. The summed E-state index contributed by atoms with van der Waals surface area (Å²) in [4.78, 5) is 27.0. The summed E-state index contributed by atoms with van der Waals surface area (Å²) in [5.74, 6) is -0.0598. The van der Waals surface area contributed by atoms with E-state index in [1.165, 1.54) is 6.20 Å². The van der Waals surface area contributed by atoms with Gasteiger partial charge in [-0.3, -0.25) is 15.1 Å². The van der Waals surface area contributed by atoms with Crippen molar-refractivity contribution in [3.8, 4) is 33.8 Å². The zero-order valence-corrected chi connectivity index (χ0v) is 18.3. The topological polar surface area (TPSA) is 112 Å². The van der Waals surface area contributed by atoms with Crippen molar-refractivity contribution in [3.05, 3.63) is 67.3 Å². The number of nitrogens with zero attached hydrogens (tertiary/aromatic N) is 7. The van der Waals surface area contributed by atoms with Crippen LogP contribution in [-0.4, -0.2) is 54.2 Å². The summed E-state index contributed by atoms with van der Waals surface area (Å²) in [5.41, 5.74) is 5.45. The molecule has 6 aromatic rings. The Balaban J connectivity index is 1.52. The third-order valence-corrected chi connectivity index (χ3v) is 5.66. The molecule has 0 atom stereocenters. The first-order chi connectivity index (χ1) is 16.6. The highest BCUT2D eigenvalue weighted by molar-refractivity contribution is 5.96. The number of halogens is 1. The molecule has 34 heavy (non-hydrogen) atoms. The third kappa shape index (κ3) is 3.15. The standard InChI is InChI=1S/C24H18FN9/c1-34(2)15-8-14(10-27-11-15)17-12-29-22-18(19(17)25)21(32-33-22)24-30-20-16(5-7-28-23(20)31-24)13-4-3-6-26-9-13/h3-12H,1-2H3,(H,28,30,31)(H,29,32,33). The van der Waals surface area contributed by atoms with Gasteiger partial charge in [0, 0.05) is 67.3 Å². The normalized spacial score (nSPS) is 11.4. The number of fused-ring (bicyclic) bond motifs is 2. The lowest BCUT2D eigenvalue weighted by Crippen LogP contribution is -2.08. The predicted octanol–water partition coefficient (Wildman–Crippen LogP) is 4.23. The van der Waals surface area contributed by atoms with Gasteiger partial charge in [0.05, 0.1) is 17.3 Å². The average Bonchev–Trinajstić information content (AvgIpc) is 3.49. The Kier molecular flexibility index (Phi) is 4.51. The van der Waals surface area contributed by atoms with Gasteiger partial charge >= 0.3 is 0 Å². The van der Waals surface area contributed by atoms with Gasteiger partial charge in [-0.05, 0) is 18.2 Å². The first-order valence-electron chi connectivity index (χ1n) is 10.5. The maximum atomic E-state index is 15.9. The van der Waals surface area contributed by atoms with Crippen LogP contribution in [0.25, 0.3) is 56.0 Å². The number of hydrogen-bond acceptors (Lipinski definition) is 7. The monoisotopic (exact) mass is 451 g/mol. The van der Waals surface area contributed by atoms with Crippen molar-refractivity contribution in [2.45, 2.75) is 0 Å². The minimum absolute atomic E-state index is 0.245. The van der Waals surface area contributed by atoms with Crippen LogP contribution < -0.4 is 4.90 Å². The maximum Gasteiger partial charge on any atom is 0.161 e. The quantitative estimate of drug-likeness (QED) is 0.413. The summed E-state index contributed by atoms with van der Waals surface area (Å²) in [6.07, 6.45) is 9.99. The van der Waals surface area contributed by atoms with Crippen LogP contribution in [0.4, 0.5) is 10.1 Å². The van der Waals surface area contributed by atoms with Crippen LogP contribution in [0, 0.1) is 5.82 Å². The number of aromatic amines is 2. The Morgan fingerprint density at radius 2 is 1.76 bits per heavy atom. The van der Waals surface area contributed by atoms with E-state index in [1.807, 2.05) is 43.3 Å². The van der Waals surface area contributed by atoms with E-state index in [-0.39, 0.29) is 5.39 Å². The van der Waals surface area contributed by atoms with Gasteiger partial charge in [0.15, 0.2) is 17.1 Å². The number of nitrogens with one attached hydrogen (secondary N) is 2. The highest BCUT2D eigenvalue weighted by atomic mass is 19.1. The molecule has 0 aromatic carbocycles. The molecule has 0 aliphatic rings. The molecule has 0 amide bonds. The molecule has 0 spiro atoms. The zero-order valence-electron chi connectivity index (χ0n) is 18.3. The summed E-state index contributed by atoms with van der Waals surface area (Å²) in [6, 6.07) is 7.55. The van der Waals surface area contributed by atoms with Crippen LogP contribution in [0.15, 0.2) is 61.4 Å². The highest BCUT2D eigenvalue weighted by Gasteiger charge is 2.21. The molecule has 0 fully saturated rings. The van der Waals surface area contributed by atoms with Crippen molar-refractivity contribution in [1.82, 2.24) is 40.1 Å². The second-order valence-corrected chi connectivity index (χ2v) is 7.99. The number of H-pyrrole nitrogens is 2. The van der Waals surface area contributed by atoms with Crippen LogP contribution >= 0.6 is 0 Å². The van der Waals surface area contributed by atoms with E-state index in [0.29, 0.717) is 39.5 Å². The molecule has 0 aliphatic heterocycles. The van der Waals surface area contributed by atoms with E-state index < -0.39 is 5.82 Å². The number of aromatic nitrogens is 8. The molecule has 0 saturated carbocycles. The Morgan fingerprint density at radius 1 is 0.882 bits per heavy atom. The first kappa shape index (κ1) is 19.9. The average molecular weight is 451 g/mol. The van der Waals surface area contributed by atoms with Crippen molar-refractivity contribution >= 4 is 27.9 Å². The maximum absolute atomic E-state index is 15.9. The van der Waals surface area contributed by atoms with E-state index in [9.17, 15) is 0 Å². The molecule has 0 aliphatic carbocycles. The SMILES string of the molecule is CN(C)c1cncc(-c2cnc3[nH]nc(-c4nc5c(-c6cccnc6)ccnc5[nH]4)c3c2F)c1. The predicted molar refractivity (Wildman–Crippen MR) is 128 cm³/mol. The molecule has 6 heterocycles. The molecule has 2 N–H and O–H groups in total. The summed E-state index contributed by atoms with van der Waals surface area (Å²) in [5, 5.41) is 7.38. The minimum atomic E-state index is -0.452. The van der Waals surface area contributed by atoms with Gasteiger partial charge in [0.25, 0.3) is 0 Å². The third-order valence-electron chi connectivity index (χ3n) is 5.66. The second-order valence-electron chi connectivity index (χ2n) is 7.99. The van der Waals surface area contributed by atoms with Gasteiger partial charge in [0.1, 0.15) is 17.0 Å². The van der Waals surface area contributed by atoms with Gasteiger partial charge in [0.2, 0.25) is 0 Å². The smallest absolute Gasteiger partial charge is 0.161 e. The lowest BCUT2D eigenvalue weighted by molar-refractivity contribution is 0.642. The van der Waals surface area contributed by atoms with Crippen LogP contribution in [-0.2, 0) is 0 Å². The fourth-order valence-corrected chi connectivity index (χ4v) is 3.92. The lowest BCUT2D eigenvalue weighted by atomic mass is 10.1. The number of imidazole rings is 1. The second kappa shape index (κ2) is 7.69. The minimum Gasteiger partial charge on any atom is -0.376 e. The van der Waals surface area contributed by atoms with E-state index in [1.54, 1.807) is 31.0 Å². The zero-order chi connectivity index (χ0) is 23.2. The first-order valence-corrected chi connectivity index (χ1v) is 10.5. The summed E-state index contributed by atoms with van der Waals surface area (Å²) < 4.78 is 15.9. The number of pyridine rings is 4. The molecule has 9 nitrogen and oxygen atoms in total. The van der Waals surface area contributed by atoms with Crippen LogP contribution in [0.1, 0.15) is 0 Å². The van der Waals surface area contributed by atoms with Crippen molar-refractivity contribution in [2.75, 3.05) is 19.0 Å². The summed E-state index contributed by atoms with van der Waals surface area (Å²) >= 11 is 0. The molecule has 10 heteroatoms. The highest BCUT2D eigenvalue weighted by Crippen LogP contribution is 2.34. The van der Waals surface area contributed by atoms with Gasteiger partial charge in [-0.1, -0.05) is 6.07 Å². The summed E-state index contributed by atoms with van der Waals surface area (Å²) in [6.45, 7) is 0. The molecule has 6 rings (SSSR count). The van der Waals surface area contributed by atoms with Crippen molar-refractivity contribution in [3.63, 3.8) is 0 Å². The molecular formula is C24H18FN9. The Morgan fingerprint density at radius 3 is 2.59 bits per heavy atom. The van der Waals surface area contributed by atoms with Crippen molar-refractivity contribution in [1.29, 1.82) is 0 Å². The van der Waals surface area contributed by atoms with E-state index in [0.717, 1.165) is 16.8 Å². The number of rotatable bonds is 4. The molecule has 0 radical (unpaired) electrons. The Hall–Kier alpha value is -4.73. The molecule has 0 bridgehead atoms. The van der Waals surface area contributed by atoms with Crippen LogP contribution in [0.3, 0.4) is 0 Å². The molecule has 6 aromatic heterocycles. The number of hydrogen-bond donors (Lipinski definition) is 2. The van der Waals surface area contributed by atoms with Gasteiger partial charge in [-0.15, -0.1) is 0 Å². The Labute approximate surface area is 192 Å². The Bertz CT molecular complexity index is 1650. The number of anilines is 1. The van der Waals surface area contributed by atoms with Crippen molar-refractivity contribution < 1.29 is 4.39 Å². The van der Waals surface area contributed by atoms with Gasteiger partial charge < -0.3 is 9.88 Å².